The van der Waals surface area contributed by atoms with Crippen molar-refractivity contribution >= 4 is 24.8 Å². The summed E-state index contributed by atoms with van der Waals surface area (Å²) < 4.78 is 0. The van der Waals surface area contributed by atoms with E-state index in [2.05, 4.69) is 0 Å². The van der Waals surface area contributed by atoms with Gasteiger partial charge in [-0.1, -0.05) is 20.3 Å². The molecule has 0 spiro atoms. The van der Waals surface area contributed by atoms with Gasteiger partial charge in [0.15, 0.2) is 0 Å². The van der Waals surface area contributed by atoms with Gasteiger partial charge in [-0.15, -0.1) is 0 Å². The van der Waals surface area contributed by atoms with Crippen LogP contribution in [0.15, 0.2) is 0 Å². The second-order valence-electron chi connectivity index (χ2n) is 2.25. The van der Waals surface area contributed by atoms with E-state index < -0.39 is 12.0 Å². The first-order valence-electron chi connectivity index (χ1n) is 3.08. The Kier molecular flexibility index (Phi) is 7.34. The second kappa shape index (κ2) is 5.79. The first kappa shape index (κ1) is 12.7. The Hall–Kier alpha value is 0.0274. The summed E-state index contributed by atoms with van der Waals surface area (Å²) in [6.07, 6.45) is 0.813. The number of hydrogen-bond donors (Lipinski definition) is 2. The Labute approximate surface area is 73.2 Å². The summed E-state index contributed by atoms with van der Waals surface area (Å²) in [5.74, 6) is -0.841. The van der Waals surface area contributed by atoms with E-state index in [4.69, 9.17) is 10.8 Å². The van der Waals surface area contributed by atoms with Crippen molar-refractivity contribution in [1.29, 1.82) is 0 Å². The molecule has 0 saturated carbocycles. The molecule has 0 aliphatic carbocycles. The Morgan fingerprint density at radius 3 is 2.20 bits per heavy atom. The van der Waals surface area contributed by atoms with Crippen molar-refractivity contribution in [3.63, 3.8) is 0 Å². The van der Waals surface area contributed by atoms with Crippen molar-refractivity contribution < 1.29 is 9.90 Å². The number of aliphatic carboxylic acids is 1. The third-order valence-corrected chi connectivity index (χ3v) is 1.54. The van der Waals surface area contributed by atoms with Crippen molar-refractivity contribution in [3.8, 4) is 0 Å². The van der Waals surface area contributed by atoms with Crippen LogP contribution in [0, 0.1) is 5.92 Å². The maximum atomic E-state index is 10.2. The standard InChI is InChI=1S/C6H13NO2.Li.H/c1-3-4(2)5(7)6(8)9;;/h4-5H,3,7H2,1-2H3,(H,8,9);;. The number of nitrogens with two attached hydrogens (primary N) is 1. The van der Waals surface area contributed by atoms with Crippen molar-refractivity contribution in [1.82, 2.24) is 0 Å². The first-order valence-corrected chi connectivity index (χ1v) is 3.08. The van der Waals surface area contributed by atoms with Crippen LogP contribution in [0.3, 0.4) is 0 Å². The van der Waals surface area contributed by atoms with Gasteiger partial charge in [0.25, 0.3) is 0 Å². The normalized spacial score (nSPS) is 15.1. The number of rotatable bonds is 3. The molecule has 2 atom stereocenters. The zero-order chi connectivity index (χ0) is 7.44. The Bertz CT molecular complexity index is 108. The monoisotopic (exact) mass is 139 g/mol. The van der Waals surface area contributed by atoms with Crippen molar-refractivity contribution in [2.75, 3.05) is 0 Å². The molecule has 3 nitrogen and oxygen atoms in total. The van der Waals surface area contributed by atoms with Crippen LogP contribution in [0.4, 0.5) is 0 Å². The maximum absolute atomic E-state index is 10.2. The van der Waals surface area contributed by atoms with E-state index in [9.17, 15) is 4.79 Å². The molecule has 0 bridgehead atoms. The van der Waals surface area contributed by atoms with Crippen LogP contribution < -0.4 is 5.73 Å². The summed E-state index contributed by atoms with van der Waals surface area (Å²) in [5, 5.41) is 8.36. The number of hydrogen-bond acceptors (Lipinski definition) is 2. The average molecular weight is 139 g/mol. The van der Waals surface area contributed by atoms with Crippen LogP contribution >= 0.6 is 0 Å². The van der Waals surface area contributed by atoms with Gasteiger partial charge >= 0.3 is 24.8 Å². The van der Waals surface area contributed by atoms with Gasteiger partial charge in [-0.05, 0) is 5.92 Å². The molecular formula is C6H14LiNO2. The predicted molar refractivity (Wildman–Crippen MR) is 42.2 cm³/mol. The summed E-state index contributed by atoms with van der Waals surface area (Å²) >= 11 is 0. The van der Waals surface area contributed by atoms with Crippen LogP contribution in [0.25, 0.3) is 0 Å². The van der Waals surface area contributed by atoms with E-state index in [1.54, 1.807) is 0 Å². The fourth-order valence-corrected chi connectivity index (χ4v) is 0.497. The molecule has 0 rings (SSSR count). The van der Waals surface area contributed by atoms with Gasteiger partial charge in [-0.2, -0.15) is 0 Å². The van der Waals surface area contributed by atoms with Crippen molar-refractivity contribution in [2.24, 2.45) is 11.7 Å². The van der Waals surface area contributed by atoms with Gasteiger partial charge in [0, 0.05) is 0 Å². The molecule has 3 N–H and O–H groups in total. The predicted octanol–water partition coefficient (Wildman–Crippen LogP) is -0.204. The molecule has 0 aromatic heterocycles. The molecule has 0 amide bonds. The molecule has 0 aliphatic heterocycles. The molecule has 0 fully saturated rings. The first-order chi connectivity index (χ1) is 4.09. The molecule has 10 heavy (non-hydrogen) atoms. The molecule has 56 valence electrons. The molecule has 0 radical (unpaired) electrons. The molecular weight excluding hydrogens is 125 g/mol. The van der Waals surface area contributed by atoms with E-state index in [1.165, 1.54) is 0 Å². The van der Waals surface area contributed by atoms with Gasteiger partial charge in [0.05, 0.1) is 0 Å². The molecule has 0 aliphatic rings. The Balaban J connectivity index is 0. The quantitative estimate of drug-likeness (QED) is 0.532. The number of carboxylic acids is 1. The fourth-order valence-electron chi connectivity index (χ4n) is 0.497. The second-order valence-corrected chi connectivity index (χ2v) is 2.25. The zero-order valence-electron chi connectivity index (χ0n) is 5.79. The van der Waals surface area contributed by atoms with E-state index in [1.807, 2.05) is 13.8 Å². The van der Waals surface area contributed by atoms with Crippen LogP contribution in [0.2, 0.25) is 0 Å². The summed E-state index contributed by atoms with van der Waals surface area (Å²) in [6.45, 7) is 3.76. The van der Waals surface area contributed by atoms with Gasteiger partial charge in [0.1, 0.15) is 6.04 Å². The van der Waals surface area contributed by atoms with E-state index in [0.29, 0.717) is 0 Å². The molecule has 0 saturated heterocycles. The van der Waals surface area contributed by atoms with E-state index >= 15 is 0 Å². The summed E-state index contributed by atoms with van der Waals surface area (Å²) in [4.78, 5) is 10.2. The van der Waals surface area contributed by atoms with E-state index in [-0.39, 0.29) is 24.8 Å². The molecule has 2 unspecified atom stereocenters. The van der Waals surface area contributed by atoms with Gasteiger partial charge in [-0.3, -0.25) is 4.79 Å². The molecule has 4 heteroatoms. The third-order valence-electron chi connectivity index (χ3n) is 1.54. The average Bonchev–Trinajstić information content (AvgIpc) is 1.84. The Morgan fingerprint density at radius 1 is 1.70 bits per heavy atom. The van der Waals surface area contributed by atoms with Crippen molar-refractivity contribution in [3.05, 3.63) is 0 Å². The topological polar surface area (TPSA) is 63.3 Å². The third kappa shape index (κ3) is 3.94. The summed E-state index contributed by atoms with van der Waals surface area (Å²) in [7, 11) is 0. The molecule has 0 heterocycles. The number of carboxylic acid groups (broad SMARTS) is 1. The SMILES string of the molecule is CCC(C)C(N)C(=O)O.[LiH]. The zero-order valence-corrected chi connectivity index (χ0v) is 5.79. The van der Waals surface area contributed by atoms with Crippen molar-refractivity contribution in [2.45, 2.75) is 26.3 Å². The van der Waals surface area contributed by atoms with Gasteiger partial charge in [-0.25, -0.2) is 0 Å². The van der Waals surface area contributed by atoms with Gasteiger partial charge in [0.2, 0.25) is 0 Å². The van der Waals surface area contributed by atoms with Crippen LogP contribution in [-0.2, 0) is 4.79 Å². The fraction of sp³-hybridized carbons (Fsp3) is 0.833. The van der Waals surface area contributed by atoms with Crippen LogP contribution in [-0.4, -0.2) is 36.0 Å². The summed E-state index contributed by atoms with van der Waals surface area (Å²) in [6, 6.07) is -0.699. The van der Waals surface area contributed by atoms with Crippen LogP contribution in [0.5, 0.6) is 0 Å². The minimum atomic E-state index is -0.913. The Morgan fingerprint density at radius 2 is 2.10 bits per heavy atom. The number of carbonyl (C=O) groups is 1. The van der Waals surface area contributed by atoms with E-state index in [0.717, 1.165) is 6.42 Å². The molecule has 0 aromatic rings. The van der Waals surface area contributed by atoms with Gasteiger partial charge < -0.3 is 10.8 Å². The minimum absolute atomic E-state index is 0. The molecule has 0 aromatic carbocycles. The van der Waals surface area contributed by atoms with Crippen LogP contribution in [0.1, 0.15) is 20.3 Å². The summed E-state index contributed by atoms with van der Waals surface area (Å²) in [5.41, 5.74) is 5.27.